The maximum atomic E-state index is 6.83. The molecule has 12 rings (SSSR count). The van der Waals surface area contributed by atoms with E-state index in [1.54, 1.807) is 0 Å². The summed E-state index contributed by atoms with van der Waals surface area (Å²) in [4.78, 5) is 11.0. The van der Waals surface area contributed by atoms with Gasteiger partial charge in [0.2, 0.25) is 0 Å². The third-order valence-corrected chi connectivity index (χ3v) is 10.6. The average Bonchev–Trinajstić information content (AvgIpc) is 3.95. The molecule has 7 aromatic carbocycles. The lowest BCUT2D eigenvalue weighted by molar-refractivity contribution is 0.661. The summed E-state index contributed by atoms with van der Waals surface area (Å²) in [5.74, 6) is 1.23. The number of nitrogens with zero attached hydrogens (tertiary/aromatic N) is 4. The second-order valence-electron chi connectivity index (χ2n) is 13.3. The average molecular weight is 667 g/mol. The van der Waals surface area contributed by atoms with Crippen LogP contribution in [0.5, 0.6) is 0 Å². The Morgan fingerprint density at radius 2 is 0.827 bits per heavy atom. The topological polar surface area (TPSA) is 61.9 Å². The molecule has 6 nitrogen and oxygen atoms in total. The Hall–Kier alpha value is -7.18. The summed E-state index contributed by atoms with van der Waals surface area (Å²) < 4.78 is 18.1. The van der Waals surface area contributed by atoms with E-state index < -0.39 is 0 Å². The lowest BCUT2D eigenvalue weighted by atomic mass is 10.1. The molecule has 242 valence electrons. The minimum absolute atomic E-state index is 0.553. The molecule has 0 amide bonds. The molecule has 0 unspecified atom stereocenters. The summed E-state index contributed by atoms with van der Waals surface area (Å²) >= 11 is 0. The SMILES string of the molecule is c1ccc2c(c1)oc1c(-c3nc(-n4c5ccccc5c5ccccc54)c4oc5ccccc5c4n3)c(-n3c4ccccc4c4ccccc43)ccc12. The number of hydrogen-bond acceptors (Lipinski definition) is 4. The first-order chi connectivity index (χ1) is 25.8. The van der Waals surface area contributed by atoms with Crippen LogP contribution in [-0.4, -0.2) is 19.1 Å². The van der Waals surface area contributed by atoms with Gasteiger partial charge in [0, 0.05) is 37.7 Å². The number of rotatable bonds is 3. The molecule has 12 aromatic rings. The zero-order valence-corrected chi connectivity index (χ0v) is 27.6. The Labute approximate surface area is 295 Å². The molecule has 6 heteroatoms. The summed E-state index contributed by atoms with van der Waals surface area (Å²) in [6.45, 7) is 0. The van der Waals surface area contributed by atoms with E-state index in [2.05, 4.69) is 137 Å². The fraction of sp³-hybridized carbons (Fsp3) is 0. The molecule has 52 heavy (non-hydrogen) atoms. The van der Waals surface area contributed by atoms with Gasteiger partial charge in [-0.25, -0.2) is 9.97 Å². The van der Waals surface area contributed by atoms with Crippen LogP contribution >= 0.6 is 0 Å². The second-order valence-corrected chi connectivity index (χ2v) is 13.3. The molecule has 5 aromatic heterocycles. The molecule has 0 aliphatic heterocycles. The molecule has 0 N–H and O–H groups in total. The molecule has 0 radical (unpaired) electrons. The van der Waals surface area contributed by atoms with Crippen LogP contribution in [0.25, 0.3) is 111 Å². The fourth-order valence-electron chi connectivity index (χ4n) is 8.35. The standard InChI is InChI=1S/C46H26N4O2/c1-7-19-34-27(13-1)28-14-2-8-20-35(28)49(34)38-26-25-32-31-17-5-11-23-39(31)51-43(32)41(38)45-47-42-33-18-6-12-24-40(33)52-44(42)46(48-45)50-36-21-9-3-15-29(36)30-16-4-10-22-37(30)50/h1-26H. The Morgan fingerprint density at radius 3 is 1.42 bits per heavy atom. The van der Waals surface area contributed by atoms with Crippen molar-refractivity contribution in [3.63, 3.8) is 0 Å². The van der Waals surface area contributed by atoms with Crippen LogP contribution in [0.2, 0.25) is 0 Å². The predicted molar refractivity (Wildman–Crippen MR) is 211 cm³/mol. The molecule has 0 aliphatic carbocycles. The van der Waals surface area contributed by atoms with Gasteiger partial charge in [0.1, 0.15) is 22.3 Å². The molecule has 0 atom stereocenters. The summed E-state index contributed by atoms with van der Waals surface area (Å²) in [6, 6.07) is 54.7. The van der Waals surface area contributed by atoms with E-state index in [9.17, 15) is 0 Å². The Morgan fingerprint density at radius 1 is 0.365 bits per heavy atom. The number of para-hydroxylation sites is 6. The number of aromatic nitrogens is 4. The van der Waals surface area contributed by atoms with Crippen LogP contribution in [0.4, 0.5) is 0 Å². The van der Waals surface area contributed by atoms with Gasteiger partial charge in [-0.1, -0.05) is 103 Å². The molecule has 0 fully saturated rings. The first-order valence-electron chi connectivity index (χ1n) is 17.4. The zero-order chi connectivity index (χ0) is 33.9. The second kappa shape index (κ2) is 10.2. The normalized spacial score (nSPS) is 12.2. The van der Waals surface area contributed by atoms with Gasteiger partial charge in [-0.3, -0.25) is 4.57 Å². The third-order valence-electron chi connectivity index (χ3n) is 10.6. The van der Waals surface area contributed by atoms with Crippen molar-refractivity contribution in [2.24, 2.45) is 0 Å². The predicted octanol–water partition coefficient (Wildman–Crippen LogP) is 12.1. The van der Waals surface area contributed by atoms with Gasteiger partial charge in [-0.05, 0) is 54.6 Å². The highest BCUT2D eigenvalue weighted by atomic mass is 16.3. The first kappa shape index (κ1) is 27.6. The van der Waals surface area contributed by atoms with Gasteiger partial charge < -0.3 is 13.4 Å². The van der Waals surface area contributed by atoms with E-state index in [-0.39, 0.29) is 0 Å². The highest BCUT2D eigenvalue weighted by Crippen LogP contribution is 2.44. The van der Waals surface area contributed by atoms with Crippen molar-refractivity contribution in [3.8, 4) is 22.9 Å². The highest BCUT2D eigenvalue weighted by Gasteiger charge is 2.27. The molecular weight excluding hydrogens is 641 g/mol. The van der Waals surface area contributed by atoms with Crippen LogP contribution in [0, 0.1) is 0 Å². The maximum absolute atomic E-state index is 6.83. The number of hydrogen-bond donors (Lipinski definition) is 0. The number of fused-ring (bicyclic) bond motifs is 12. The molecule has 0 bridgehead atoms. The lowest BCUT2D eigenvalue weighted by Crippen LogP contribution is -2.04. The van der Waals surface area contributed by atoms with Crippen molar-refractivity contribution < 1.29 is 8.83 Å². The summed E-state index contributed by atoms with van der Waals surface area (Å²) in [7, 11) is 0. The smallest absolute Gasteiger partial charge is 0.197 e. The number of furan rings is 2. The van der Waals surface area contributed by atoms with Crippen LogP contribution < -0.4 is 0 Å². The van der Waals surface area contributed by atoms with Crippen molar-refractivity contribution in [3.05, 3.63) is 158 Å². The fourth-order valence-corrected chi connectivity index (χ4v) is 8.35. The highest BCUT2D eigenvalue weighted by molar-refractivity contribution is 6.15. The van der Waals surface area contributed by atoms with Crippen LogP contribution in [0.15, 0.2) is 167 Å². The van der Waals surface area contributed by atoms with E-state index >= 15 is 0 Å². The van der Waals surface area contributed by atoms with Crippen LogP contribution in [0.1, 0.15) is 0 Å². The Bertz CT molecular complexity index is 3330. The van der Waals surface area contributed by atoms with Gasteiger partial charge in [-0.15, -0.1) is 0 Å². The minimum Gasteiger partial charge on any atom is -0.455 e. The van der Waals surface area contributed by atoms with Crippen molar-refractivity contribution in [2.45, 2.75) is 0 Å². The molecule has 0 saturated heterocycles. The van der Waals surface area contributed by atoms with Crippen molar-refractivity contribution in [2.75, 3.05) is 0 Å². The van der Waals surface area contributed by atoms with Gasteiger partial charge in [0.05, 0.1) is 33.3 Å². The lowest BCUT2D eigenvalue weighted by Gasteiger charge is -2.15. The van der Waals surface area contributed by atoms with E-state index in [1.807, 2.05) is 30.3 Å². The zero-order valence-electron chi connectivity index (χ0n) is 27.6. The van der Waals surface area contributed by atoms with Crippen molar-refractivity contribution in [1.29, 1.82) is 0 Å². The van der Waals surface area contributed by atoms with Crippen molar-refractivity contribution in [1.82, 2.24) is 19.1 Å². The maximum Gasteiger partial charge on any atom is 0.197 e. The van der Waals surface area contributed by atoms with Gasteiger partial charge in [0.25, 0.3) is 0 Å². The van der Waals surface area contributed by atoms with E-state index in [0.29, 0.717) is 17.2 Å². The van der Waals surface area contributed by atoms with Crippen LogP contribution in [-0.2, 0) is 0 Å². The number of benzene rings is 7. The monoisotopic (exact) mass is 666 g/mol. The van der Waals surface area contributed by atoms with E-state index in [0.717, 1.165) is 82.5 Å². The van der Waals surface area contributed by atoms with E-state index in [4.69, 9.17) is 18.8 Å². The largest absolute Gasteiger partial charge is 0.455 e. The summed E-state index contributed by atoms with van der Waals surface area (Å²) in [5, 5.41) is 7.63. The van der Waals surface area contributed by atoms with Gasteiger partial charge in [0.15, 0.2) is 17.2 Å². The Kier molecular flexibility index (Phi) is 5.41. The summed E-state index contributed by atoms with van der Waals surface area (Å²) in [6.07, 6.45) is 0. The Balaban J connectivity index is 1.29. The quantitative estimate of drug-likeness (QED) is 0.188. The van der Waals surface area contributed by atoms with Gasteiger partial charge in [-0.2, -0.15) is 0 Å². The van der Waals surface area contributed by atoms with Crippen molar-refractivity contribution >= 4 is 87.6 Å². The first-order valence-corrected chi connectivity index (χ1v) is 17.4. The molecule has 0 spiro atoms. The molecular formula is C46H26N4O2. The van der Waals surface area contributed by atoms with Gasteiger partial charge >= 0.3 is 0 Å². The van der Waals surface area contributed by atoms with Crippen LogP contribution in [0.3, 0.4) is 0 Å². The molecule has 0 aliphatic rings. The molecule has 5 heterocycles. The summed E-state index contributed by atoms with van der Waals surface area (Å²) in [5.41, 5.74) is 9.71. The molecule has 0 saturated carbocycles. The third kappa shape index (κ3) is 3.62. The van der Waals surface area contributed by atoms with E-state index in [1.165, 1.54) is 10.8 Å². The minimum atomic E-state index is 0.553.